The maximum atomic E-state index is 12.4. The molecular weight excluding hydrogens is 360 g/mol. The number of thioether (sulfide) groups is 1. The van der Waals surface area contributed by atoms with Crippen molar-refractivity contribution in [2.45, 2.75) is 31.7 Å². The van der Waals surface area contributed by atoms with E-state index in [9.17, 15) is 9.59 Å². The van der Waals surface area contributed by atoms with Gasteiger partial charge in [-0.25, -0.2) is 4.79 Å². The lowest BCUT2D eigenvalue weighted by Gasteiger charge is -2.24. The number of nitrogens with one attached hydrogen (secondary N) is 1. The van der Waals surface area contributed by atoms with E-state index in [-0.39, 0.29) is 11.3 Å². The molecule has 1 aliphatic rings. The van der Waals surface area contributed by atoms with E-state index in [2.05, 4.69) is 12.2 Å². The topological polar surface area (TPSA) is 58.6 Å². The minimum Gasteiger partial charge on any atom is -0.410 e. The van der Waals surface area contributed by atoms with E-state index in [0.29, 0.717) is 24.6 Å². The number of nitrogens with zero attached hydrogens (tertiary/aromatic N) is 1. The molecule has 0 aromatic heterocycles. The lowest BCUT2D eigenvalue weighted by Crippen LogP contribution is -2.28. The Kier molecular flexibility index (Phi) is 6.76. The van der Waals surface area contributed by atoms with Gasteiger partial charge in [-0.3, -0.25) is 4.79 Å². The fraction of sp³-hybridized carbons (Fsp3) is 0.333. The normalized spacial score (nSPS) is 16.4. The van der Waals surface area contributed by atoms with E-state index in [1.807, 2.05) is 53.4 Å². The number of hydrogen-bond donors (Lipinski definition) is 1. The van der Waals surface area contributed by atoms with Gasteiger partial charge < -0.3 is 15.0 Å². The molecule has 2 aromatic rings. The van der Waals surface area contributed by atoms with Crippen LogP contribution in [-0.2, 0) is 11.3 Å². The van der Waals surface area contributed by atoms with E-state index in [1.165, 1.54) is 0 Å². The summed E-state index contributed by atoms with van der Waals surface area (Å²) in [4.78, 5) is 26.1. The predicted molar refractivity (Wildman–Crippen MR) is 108 cm³/mol. The van der Waals surface area contributed by atoms with E-state index in [1.54, 1.807) is 17.8 Å². The van der Waals surface area contributed by atoms with Gasteiger partial charge in [-0.05, 0) is 29.7 Å². The molecule has 2 amide bonds. The van der Waals surface area contributed by atoms with Gasteiger partial charge in [-0.1, -0.05) is 55.8 Å². The van der Waals surface area contributed by atoms with Crippen molar-refractivity contribution in [2.24, 2.45) is 0 Å². The summed E-state index contributed by atoms with van der Waals surface area (Å²) in [6.07, 6.45) is 1.49. The highest BCUT2D eigenvalue weighted by Crippen LogP contribution is 2.40. The summed E-state index contributed by atoms with van der Waals surface area (Å²) in [6, 6.07) is 17.4. The van der Waals surface area contributed by atoms with Crippen molar-refractivity contribution in [3.63, 3.8) is 0 Å². The van der Waals surface area contributed by atoms with Crippen LogP contribution in [-0.4, -0.2) is 29.2 Å². The summed E-state index contributed by atoms with van der Waals surface area (Å²) < 4.78 is 5.38. The minimum atomic E-state index is -0.447. The number of unbranched alkanes of at least 4 members (excludes halogenated alkanes) is 1. The molecule has 0 spiro atoms. The predicted octanol–water partition coefficient (Wildman–Crippen LogP) is 4.35. The molecule has 1 heterocycles. The average Bonchev–Trinajstić information content (AvgIpc) is 3.03. The Bertz CT molecular complexity index is 782. The van der Waals surface area contributed by atoms with E-state index >= 15 is 0 Å². The third kappa shape index (κ3) is 5.26. The monoisotopic (exact) mass is 384 g/mol. The zero-order valence-electron chi connectivity index (χ0n) is 15.4. The first-order valence-electron chi connectivity index (χ1n) is 9.18. The van der Waals surface area contributed by atoms with Crippen molar-refractivity contribution < 1.29 is 14.3 Å². The number of rotatable bonds is 7. The summed E-state index contributed by atoms with van der Waals surface area (Å²) in [5.74, 6) is 1.07. The molecule has 142 valence electrons. The van der Waals surface area contributed by atoms with Crippen molar-refractivity contribution >= 4 is 23.8 Å². The van der Waals surface area contributed by atoms with Gasteiger partial charge in [0.1, 0.15) is 11.1 Å². The van der Waals surface area contributed by atoms with Gasteiger partial charge in [0.2, 0.25) is 5.91 Å². The van der Waals surface area contributed by atoms with E-state index in [4.69, 9.17) is 4.74 Å². The van der Waals surface area contributed by atoms with Gasteiger partial charge in [0.15, 0.2) is 0 Å². The molecule has 27 heavy (non-hydrogen) atoms. The zero-order valence-corrected chi connectivity index (χ0v) is 16.2. The van der Waals surface area contributed by atoms with Crippen LogP contribution in [0.25, 0.3) is 0 Å². The Balaban J connectivity index is 1.69. The number of benzene rings is 2. The van der Waals surface area contributed by atoms with Gasteiger partial charge in [-0.2, -0.15) is 0 Å². The van der Waals surface area contributed by atoms with Crippen molar-refractivity contribution in [1.82, 2.24) is 10.2 Å². The highest BCUT2D eigenvalue weighted by atomic mass is 32.2. The first-order chi connectivity index (χ1) is 13.2. The smallest absolute Gasteiger partial charge is 0.410 e. The number of carbonyl (C=O) groups is 2. The van der Waals surface area contributed by atoms with E-state index in [0.717, 1.165) is 24.0 Å². The second kappa shape index (κ2) is 9.46. The first-order valence-corrected chi connectivity index (χ1v) is 10.2. The highest BCUT2D eigenvalue weighted by molar-refractivity contribution is 8.00. The maximum Gasteiger partial charge on any atom is 0.412 e. The highest BCUT2D eigenvalue weighted by Gasteiger charge is 2.33. The Labute approximate surface area is 164 Å². The minimum absolute atomic E-state index is 0.0793. The van der Waals surface area contributed by atoms with Crippen molar-refractivity contribution in [3.8, 4) is 5.75 Å². The summed E-state index contributed by atoms with van der Waals surface area (Å²) in [7, 11) is 0. The van der Waals surface area contributed by atoms with E-state index < -0.39 is 6.09 Å². The second-order valence-electron chi connectivity index (χ2n) is 6.41. The fourth-order valence-electron chi connectivity index (χ4n) is 2.92. The van der Waals surface area contributed by atoms with Crippen LogP contribution in [0.5, 0.6) is 5.75 Å². The van der Waals surface area contributed by atoms with Crippen LogP contribution in [0.3, 0.4) is 0 Å². The molecule has 0 aliphatic carbocycles. The molecule has 3 rings (SSSR count). The summed E-state index contributed by atoms with van der Waals surface area (Å²) in [5.41, 5.74) is 2.06. The quantitative estimate of drug-likeness (QED) is 0.721. The maximum absolute atomic E-state index is 12.4. The Hall–Kier alpha value is -2.47. The summed E-state index contributed by atoms with van der Waals surface area (Å²) >= 11 is 1.60. The number of carbonyl (C=O) groups excluding carboxylic acids is 2. The van der Waals surface area contributed by atoms with Crippen LogP contribution < -0.4 is 10.1 Å². The van der Waals surface area contributed by atoms with Crippen LogP contribution in [0.15, 0.2) is 54.6 Å². The third-order valence-corrected chi connectivity index (χ3v) is 5.57. The van der Waals surface area contributed by atoms with Crippen molar-refractivity contribution in [3.05, 3.63) is 65.7 Å². The molecule has 1 unspecified atom stereocenters. The SMILES string of the molecule is CCCCNC(=O)Oc1cccc(C2SCC(=O)N2Cc2ccccc2)c1. The molecule has 1 atom stereocenters. The van der Waals surface area contributed by atoms with Gasteiger partial charge in [-0.15, -0.1) is 11.8 Å². The standard InChI is InChI=1S/C21H24N2O3S/c1-2-3-12-22-21(25)26-18-11-7-10-17(13-18)20-23(19(24)15-27-20)14-16-8-5-4-6-9-16/h4-11,13,20H,2-3,12,14-15H2,1H3,(H,22,25). The van der Waals surface area contributed by atoms with Gasteiger partial charge in [0, 0.05) is 13.1 Å². The molecule has 0 radical (unpaired) electrons. The Morgan fingerprint density at radius 1 is 1.22 bits per heavy atom. The molecule has 0 bridgehead atoms. The lowest BCUT2D eigenvalue weighted by molar-refractivity contribution is -0.128. The molecule has 5 nitrogen and oxygen atoms in total. The molecule has 1 N–H and O–H groups in total. The molecule has 1 saturated heterocycles. The van der Waals surface area contributed by atoms with Crippen LogP contribution in [0.1, 0.15) is 36.3 Å². The van der Waals surface area contributed by atoms with Crippen LogP contribution >= 0.6 is 11.8 Å². The van der Waals surface area contributed by atoms with Crippen molar-refractivity contribution in [2.75, 3.05) is 12.3 Å². The first kappa shape index (κ1) is 19.3. The Morgan fingerprint density at radius 3 is 2.81 bits per heavy atom. The molecule has 6 heteroatoms. The molecule has 2 aromatic carbocycles. The molecular formula is C21H24N2O3S. The average molecular weight is 385 g/mol. The molecule has 0 saturated carbocycles. The number of ether oxygens (including phenoxy) is 1. The van der Waals surface area contributed by atoms with Crippen LogP contribution in [0, 0.1) is 0 Å². The molecule has 1 fully saturated rings. The van der Waals surface area contributed by atoms with Gasteiger partial charge in [0.05, 0.1) is 5.75 Å². The second-order valence-corrected chi connectivity index (χ2v) is 7.48. The fourth-order valence-corrected chi connectivity index (χ4v) is 4.10. The van der Waals surface area contributed by atoms with Crippen molar-refractivity contribution in [1.29, 1.82) is 0 Å². The number of hydrogen-bond acceptors (Lipinski definition) is 4. The summed E-state index contributed by atoms with van der Waals surface area (Å²) in [6.45, 7) is 3.24. The lowest BCUT2D eigenvalue weighted by atomic mass is 10.1. The zero-order chi connectivity index (χ0) is 19.1. The third-order valence-electron chi connectivity index (χ3n) is 4.32. The number of amides is 2. The summed E-state index contributed by atoms with van der Waals surface area (Å²) in [5, 5.41) is 2.66. The van der Waals surface area contributed by atoms with Crippen LogP contribution in [0.4, 0.5) is 4.79 Å². The van der Waals surface area contributed by atoms with Crippen LogP contribution in [0.2, 0.25) is 0 Å². The largest absolute Gasteiger partial charge is 0.412 e. The van der Waals surface area contributed by atoms with Gasteiger partial charge in [0.25, 0.3) is 0 Å². The molecule has 1 aliphatic heterocycles. The Morgan fingerprint density at radius 2 is 2.04 bits per heavy atom. The van der Waals surface area contributed by atoms with Gasteiger partial charge >= 0.3 is 6.09 Å².